The standard InChI is InChI=1S/C17H25N3O3/c1-3-5-15(20-17(18)22)16(21)19-13-8-12(9-13)11-6-4-7-14(10-11)23-2/h4,6-7,10,12-13,15H,3,5,8-9H2,1-2H3,(H,19,21)(H3,18,20,22)/t12?,13?,15-/m1/s1. The van der Waals surface area contributed by atoms with Gasteiger partial charge in [0, 0.05) is 6.04 Å². The van der Waals surface area contributed by atoms with E-state index in [-0.39, 0.29) is 11.9 Å². The topological polar surface area (TPSA) is 93.5 Å². The molecule has 0 aliphatic heterocycles. The van der Waals surface area contributed by atoms with Gasteiger partial charge in [-0.15, -0.1) is 0 Å². The summed E-state index contributed by atoms with van der Waals surface area (Å²) in [4.78, 5) is 23.2. The zero-order valence-corrected chi connectivity index (χ0v) is 13.7. The maximum atomic E-state index is 12.2. The zero-order valence-electron chi connectivity index (χ0n) is 13.7. The van der Waals surface area contributed by atoms with Gasteiger partial charge in [0.05, 0.1) is 7.11 Å². The molecular formula is C17H25N3O3. The average molecular weight is 319 g/mol. The van der Waals surface area contributed by atoms with Gasteiger partial charge in [-0.2, -0.15) is 0 Å². The van der Waals surface area contributed by atoms with Crippen LogP contribution in [0.3, 0.4) is 0 Å². The highest BCUT2D eigenvalue weighted by molar-refractivity contribution is 5.86. The first-order valence-electron chi connectivity index (χ1n) is 8.03. The Labute approximate surface area is 136 Å². The summed E-state index contributed by atoms with van der Waals surface area (Å²) in [6, 6.07) is 6.96. The van der Waals surface area contributed by atoms with Gasteiger partial charge >= 0.3 is 6.03 Å². The van der Waals surface area contributed by atoms with Crippen molar-refractivity contribution in [1.29, 1.82) is 0 Å². The molecule has 1 aliphatic rings. The van der Waals surface area contributed by atoms with Crippen LogP contribution in [0.2, 0.25) is 0 Å². The van der Waals surface area contributed by atoms with Crippen LogP contribution in [0.5, 0.6) is 5.75 Å². The molecule has 2 rings (SSSR count). The van der Waals surface area contributed by atoms with E-state index in [1.807, 2.05) is 25.1 Å². The lowest BCUT2D eigenvalue weighted by Crippen LogP contribution is -2.53. The number of nitrogens with one attached hydrogen (secondary N) is 2. The van der Waals surface area contributed by atoms with Crippen LogP contribution < -0.4 is 21.1 Å². The number of rotatable bonds is 7. The van der Waals surface area contributed by atoms with Gasteiger partial charge in [-0.25, -0.2) is 4.79 Å². The van der Waals surface area contributed by atoms with Crippen molar-refractivity contribution in [2.45, 2.75) is 50.6 Å². The van der Waals surface area contributed by atoms with Crippen molar-refractivity contribution in [1.82, 2.24) is 10.6 Å². The lowest BCUT2D eigenvalue weighted by molar-refractivity contribution is -0.124. The molecule has 1 aliphatic carbocycles. The summed E-state index contributed by atoms with van der Waals surface area (Å²) < 4.78 is 5.24. The highest BCUT2D eigenvalue weighted by atomic mass is 16.5. The molecule has 1 atom stereocenters. The Morgan fingerprint density at radius 1 is 1.39 bits per heavy atom. The minimum Gasteiger partial charge on any atom is -0.497 e. The van der Waals surface area contributed by atoms with Crippen LogP contribution in [-0.2, 0) is 4.79 Å². The maximum absolute atomic E-state index is 12.2. The average Bonchev–Trinajstić information content (AvgIpc) is 2.49. The molecular weight excluding hydrogens is 294 g/mol. The molecule has 0 aromatic heterocycles. The molecule has 1 saturated carbocycles. The first-order chi connectivity index (χ1) is 11.0. The van der Waals surface area contributed by atoms with Gasteiger partial charge in [0.2, 0.25) is 5.91 Å². The van der Waals surface area contributed by atoms with Crippen molar-refractivity contribution in [3.8, 4) is 5.75 Å². The highest BCUT2D eigenvalue weighted by Gasteiger charge is 2.33. The number of primary amides is 1. The second-order valence-corrected chi connectivity index (χ2v) is 6.00. The smallest absolute Gasteiger partial charge is 0.312 e. The Morgan fingerprint density at radius 3 is 2.74 bits per heavy atom. The van der Waals surface area contributed by atoms with E-state index >= 15 is 0 Å². The maximum Gasteiger partial charge on any atom is 0.312 e. The number of amides is 3. The summed E-state index contributed by atoms with van der Waals surface area (Å²) in [5.74, 6) is 1.13. The van der Waals surface area contributed by atoms with Crippen LogP contribution in [0.25, 0.3) is 0 Å². The van der Waals surface area contributed by atoms with Crippen LogP contribution in [0.15, 0.2) is 24.3 Å². The molecule has 3 amide bonds. The predicted molar refractivity (Wildman–Crippen MR) is 88.3 cm³/mol. The summed E-state index contributed by atoms with van der Waals surface area (Å²) in [7, 11) is 1.66. The van der Waals surface area contributed by atoms with Crippen molar-refractivity contribution in [2.75, 3.05) is 7.11 Å². The molecule has 0 saturated heterocycles. The fraction of sp³-hybridized carbons (Fsp3) is 0.529. The fourth-order valence-electron chi connectivity index (χ4n) is 2.93. The Bertz CT molecular complexity index is 556. The number of methoxy groups -OCH3 is 1. The van der Waals surface area contributed by atoms with Gasteiger partial charge < -0.3 is 21.1 Å². The Hall–Kier alpha value is -2.24. The Morgan fingerprint density at radius 2 is 2.13 bits per heavy atom. The number of nitrogens with two attached hydrogens (primary N) is 1. The first-order valence-corrected chi connectivity index (χ1v) is 8.03. The van der Waals surface area contributed by atoms with Crippen molar-refractivity contribution in [3.63, 3.8) is 0 Å². The van der Waals surface area contributed by atoms with E-state index in [0.29, 0.717) is 12.3 Å². The molecule has 0 spiro atoms. The Balaban J connectivity index is 1.84. The molecule has 23 heavy (non-hydrogen) atoms. The van der Waals surface area contributed by atoms with E-state index in [1.165, 1.54) is 5.56 Å². The summed E-state index contributed by atoms with van der Waals surface area (Å²) in [5, 5.41) is 5.50. The highest BCUT2D eigenvalue weighted by Crippen LogP contribution is 2.37. The third-order valence-electron chi connectivity index (χ3n) is 4.26. The van der Waals surface area contributed by atoms with Gasteiger partial charge in [-0.05, 0) is 42.9 Å². The van der Waals surface area contributed by atoms with Gasteiger partial charge in [0.25, 0.3) is 0 Å². The molecule has 6 nitrogen and oxygen atoms in total. The molecule has 126 valence electrons. The molecule has 1 aromatic carbocycles. The van der Waals surface area contributed by atoms with E-state index in [1.54, 1.807) is 7.11 Å². The van der Waals surface area contributed by atoms with Gasteiger partial charge in [-0.1, -0.05) is 25.5 Å². The second kappa shape index (κ2) is 7.85. The van der Waals surface area contributed by atoms with Crippen molar-refractivity contribution < 1.29 is 14.3 Å². The van der Waals surface area contributed by atoms with Crippen LogP contribution in [0.1, 0.15) is 44.1 Å². The Kier molecular flexibility index (Phi) is 5.84. The van der Waals surface area contributed by atoms with E-state index < -0.39 is 12.1 Å². The normalized spacial score (nSPS) is 21.0. The lowest BCUT2D eigenvalue weighted by atomic mass is 9.75. The summed E-state index contributed by atoms with van der Waals surface area (Å²) in [6.45, 7) is 1.96. The third-order valence-corrected chi connectivity index (χ3v) is 4.26. The van der Waals surface area contributed by atoms with Crippen molar-refractivity contribution >= 4 is 11.9 Å². The van der Waals surface area contributed by atoms with Gasteiger partial charge in [0.1, 0.15) is 11.8 Å². The summed E-state index contributed by atoms with van der Waals surface area (Å²) in [6.07, 6.45) is 3.18. The number of urea groups is 1. The minimum atomic E-state index is -0.665. The van der Waals surface area contributed by atoms with Gasteiger partial charge in [0.15, 0.2) is 0 Å². The number of benzene rings is 1. The molecule has 6 heteroatoms. The molecule has 4 N–H and O–H groups in total. The van der Waals surface area contributed by atoms with E-state index in [9.17, 15) is 9.59 Å². The third kappa shape index (κ3) is 4.61. The SMILES string of the molecule is CCC[C@@H](NC(N)=O)C(=O)NC1CC(c2cccc(OC)c2)C1. The zero-order chi connectivity index (χ0) is 16.8. The van der Waals surface area contributed by atoms with Crippen molar-refractivity contribution in [2.24, 2.45) is 5.73 Å². The summed E-state index contributed by atoms with van der Waals surface area (Å²) in [5.41, 5.74) is 6.35. The van der Waals surface area contributed by atoms with Crippen molar-refractivity contribution in [3.05, 3.63) is 29.8 Å². The fourth-order valence-corrected chi connectivity index (χ4v) is 2.93. The molecule has 0 unspecified atom stereocenters. The van der Waals surface area contributed by atoms with E-state index in [0.717, 1.165) is 25.0 Å². The number of hydrogen-bond donors (Lipinski definition) is 3. The number of ether oxygens (including phenoxy) is 1. The molecule has 0 radical (unpaired) electrons. The molecule has 1 aromatic rings. The number of carbonyl (C=O) groups is 2. The number of hydrogen-bond acceptors (Lipinski definition) is 3. The van der Waals surface area contributed by atoms with Gasteiger partial charge in [-0.3, -0.25) is 4.79 Å². The van der Waals surface area contributed by atoms with Crippen LogP contribution in [0, 0.1) is 0 Å². The predicted octanol–water partition coefficient (Wildman–Crippen LogP) is 1.89. The second-order valence-electron chi connectivity index (χ2n) is 6.00. The van der Waals surface area contributed by atoms with Crippen LogP contribution in [-0.4, -0.2) is 31.1 Å². The quantitative estimate of drug-likeness (QED) is 0.716. The monoisotopic (exact) mass is 319 g/mol. The van der Waals surface area contributed by atoms with E-state index in [2.05, 4.69) is 16.7 Å². The molecule has 0 heterocycles. The minimum absolute atomic E-state index is 0.146. The summed E-state index contributed by atoms with van der Waals surface area (Å²) >= 11 is 0. The van der Waals surface area contributed by atoms with E-state index in [4.69, 9.17) is 10.5 Å². The largest absolute Gasteiger partial charge is 0.497 e. The van der Waals surface area contributed by atoms with Crippen LogP contribution >= 0.6 is 0 Å². The first kappa shape index (κ1) is 17.1. The van der Waals surface area contributed by atoms with Crippen LogP contribution in [0.4, 0.5) is 4.79 Å². The molecule has 1 fully saturated rings. The lowest BCUT2D eigenvalue weighted by Gasteiger charge is -2.37. The number of carbonyl (C=O) groups excluding carboxylic acids is 2. The molecule has 0 bridgehead atoms.